The first kappa shape index (κ1) is 19.0. The molecule has 0 bridgehead atoms. The second kappa shape index (κ2) is 9.68. The molecule has 0 fully saturated rings. The molecule has 0 amide bonds. The molecule has 0 aromatic rings. The van der Waals surface area contributed by atoms with Gasteiger partial charge in [0.15, 0.2) is 0 Å². The Morgan fingerprint density at radius 2 is 0.889 bits per heavy atom. The monoisotopic (exact) mass is 256 g/mol. The zero-order valence-corrected chi connectivity index (χ0v) is 12.2. The molecule has 104 valence electrons. The molecule has 0 aliphatic rings. The smallest absolute Gasteiger partial charge is 0.142 e. The van der Waals surface area contributed by atoms with Crippen LogP contribution in [0.1, 0.15) is 54.4 Å². The molecule has 0 saturated heterocycles. The maximum atomic E-state index is 10.7. The van der Waals surface area contributed by atoms with Crippen molar-refractivity contribution in [2.45, 2.75) is 54.4 Å². The van der Waals surface area contributed by atoms with Crippen LogP contribution in [0.2, 0.25) is 0 Å². The number of rotatable bonds is 6. The van der Waals surface area contributed by atoms with E-state index >= 15 is 0 Å². The van der Waals surface area contributed by atoms with Gasteiger partial charge in [0, 0.05) is 11.8 Å². The lowest BCUT2D eigenvalue weighted by Crippen LogP contribution is -2.10. The summed E-state index contributed by atoms with van der Waals surface area (Å²) in [4.78, 5) is 42.1. The molecule has 0 spiro atoms. The first-order chi connectivity index (χ1) is 8.07. The van der Waals surface area contributed by atoms with Crippen molar-refractivity contribution in [2.24, 2.45) is 11.8 Å². The summed E-state index contributed by atoms with van der Waals surface area (Å²) in [6.45, 7) is 10.0. The molecular weight excluding hydrogens is 232 g/mol. The van der Waals surface area contributed by atoms with Gasteiger partial charge in [0.05, 0.1) is 12.8 Å². The van der Waals surface area contributed by atoms with Gasteiger partial charge in [-0.15, -0.1) is 0 Å². The Labute approximate surface area is 109 Å². The lowest BCUT2D eigenvalue weighted by molar-refractivity contribution is -0.129. The zero-order chi connectivity index (χ0) is 14.9. The number of hydrogen-bond donors (Lipinski definition) is 0. The van der Waals surface area contributed by atoms with Crippen LogP contribution in [0, 0.1) is 11.8 Å². The second-order valence-corrected chi connectivity index (χ2v) is 5.00. The summed E-state index contributed by atoms with van der Waals surface area (Å²) in [6, 6.07) is 0. The van der Waals surface area contributed by atoms with Crippen LogP contribution in [0.5, 0.6) is 0 Å². The average molecular weight is 256 g/mol. The van der Waals surface area contributed by atoms with Gasteiger partial charge in [0.2, 0.25) is 0 Å². The molecule has 0 aliphatic carbocycles. The SMILES string of the molecule is CC(=O)CC(=O)C(C)C.CC(=O)CC(=O)C(C)C. The third-order valence-corrected chi connectivity index (χ3v) is 2.13. The van der Waals surface area contributed by atoms with Crippen LogP contribution >= 0.6 is 0 Å². The van der Waals surface area contributed by atoms with Gasteiger partial charge >= 0.3 is 0 Å². The molecule has 0 saturated carbocycles. The normalized spacial score (nSPS) is 9.78. The van der Waals surface area contributed by atoms with E-state index < -0.39 is 0 Å². The molecule has 0 radical (unpaired) electrons. The van der Waals surface area contributed by atoms with Gasteiger partial charge in [-0.2, -0.15) is 0 Å². The van der Waals surface area contributed by atoms with Crippen LogP contribution in [0.25, 0.3) is 0 Å². The van der Waals surface area contributed by atoms with E-state index in [2.05, 4.69) is 0 Å². The van der Waals surface area contributed by atoms with Gasteiger partial charge in [0.25, 0.3) is 0 Å². The molecule has 0 unspecified atom stereocenters. The minimum absolute atomic E-state index is 0.00565. The molecule has 0 aromatic carbocycles. The van der Waals surface area contributed by atoms with E-state index in [1.54, 1.807) is 27.7 Å². The van der Waals surface area contributed by atoms with E-state index in [-0.39, 0.29) is 47.8 Å². The Hall–Kier alpha value is -1.32. The summed E-state index contributed by atoms with van der Waals surface area (Å²) >= 11 is 0. The van der Waals surface area contributed by atoms with E-state index in [1.807, 2.05) is 0 Å². The summed E-state index contributed by atoms with van der Waals surface area (Å²) in [5, 5.41) is 0. The minimum Gasteiger partial charge on any atom is -0.300 e. The summed E-state index contributed by atoms with van der Waals surface area (Å²) in [6.07, 6.45) is 0.190. The van der Waals surface area contributed by atoms with Crippen molar-refractivity contribution in [2.75, 3.05) is 0 Å². The van der Waals surface area contributed by atoms with Crippen LogP contribution in [0.15, 0.2) is 0 Å². The number of carbonyl (C=O) groups excluding carboxylic acids is 4. The quantitative estimate of drug-likeness (QED) is 0.684. The number of hydrogen-bond acceptors (Lipinski definition) is 4. The number of ketones is 4. The predicted molar refractivity (Wildman–Crippen MR) is 70.3 cm³/mol. The molecule has 4 heteroatoms. The standard InChI is InChI=1S/2C7H12O2/c2*1-5(2)7(9)4-6(3)8/h2*5H,4H2,1-3H3. The minimum atomic E-state index is -0.0475. The van der Waals surface area contributed by atoms with Crippen molar-refractivity contribution in [1.29, 1.82) is 0 Å². The van der Waals surface area contributed by atoms with Crippen molar-refractivity contribution in [3.63, 3.8) is 0 Å². The molecule has 18 heavy (non-hydrogen) atoms. The lowest BCUT2D eigenvalue weighted by Gasteiger charge is -1.98. The van der Waals surface area contributed by atoms with Gasteiger partial charge in [-0.1, -0.05) is 27.7 Å². The van der Waals surface area contributed by atoms with Crippen LogP contribution in [0.4, 0.5) is 0 Å². The van der Waals surface area contributed by atoms with E-state index in [1.165, 1.54) is 13.8 Å². The summed E-state index contributed by atoms with van der Waals surface area (Å²) in [5.41, 5.74) is 0. The Balaban J connectivity index is 0. The first-order valence-corrected chi connectivity index (χ1v) is 6.12. The Kier molecular flexibility index (Phi) is 10.2. The molecule has 0 heterocycles. The fourth-order valence-electron chi connectivity index (χ4n) is 0.899. The number of Topliss-reactive ketones (excluding diaryl/α,β-unsaturated/α-hetero) is 4. The lowest BCUT2D eigenvalue weighted by atomic mass is 10.1. The third kappa shape index (κ3) is 12.7. The van der Waals surface area contributed by atoms with Gasteiger partial charge in [-0.25, -0.2) is 0 Å². The van der Waals surface area contributed by atoms with Gasteiger partial charge < -0.3 is 0 Å². The van der Waals surface area contributed by atoms with Crippen molar-refractivity contribution in [1.82, 2.24) is 0 Å². The second-order valence-electron chi connectivity index (χ2n) is 5.00. The highest BCUT2D eigenvalue weighted by atomic mass is 16.2. The molecule has 0 atom stereocenters. The first-order valence-electron chi connectivity index (χ1n) is 6.12. The van der Waals surface area contributed by atoms with Crippen molar-refractivity contribution < 1.29 is 19.2 Å². The average Bonchev–Trinajstić information content (AvgIpc) is 2.16. The molecule has 0 aromatic heterocycles. The molecule has 0 rings (SSSR count). The highest BCUT2D eigenvalue weighted by Gasteiger charge is 2.09. The van der Waals surface area contributed by atoms with Gasteiger partial charge in [0.1, 0.15) is 23.1 Å². The predicted octanol–water partition coefficient (Wildman–Crippen LogP) is 2.38. The summed E-state index contributed by atoms with van der Waals surface area (Å²) in [7, 11) is 0. The van der Waals surface area contributed by atoms with Crippen LogP contribution in [-0.2, 0) is 19.2 Å². The van der Waals surface area contributed by atoms with E-state index in [9.17, 15) is 19.2 Å². The van der Waals surface area contributed by atoms with E-state index in [0.717, 1.165) is 0 Å². The summed E-state index contributed by atoms with van der Waals surface area (Å²) < 4.78 is 0. The van der Waals surface area contributed by atoms with E-state index in [0.29, 0.717) is 0 Å². The van der Waals surface area contributed by atoms with Crippen molar-refractivity contribution in [3.05, 3.63) is 0 Å². The van der Waals surface area contributed by atoms with Crippen LogP contribution < -0.4 is 0 Å². The van der Waals surface area contributed by atoms with Crippen LogP contribution in [0.3, 0.4) is 0 Å². The maximum Gasteiger partial charge on any atom is 0.142 e. The zero-order valence-electron chi connectivity index (χ0n) is 12.2. The van der Waals surface area contributed by atoms with Crippen LogP contribution in [-0.4, -0.2) is 23.1 Å². The molecule has 0 N–H and O–H groups in total. The fourth-order valence-corrected chi connectivity index (χ4v) is 0.899. The Morgan fingerprint density at radius 3 is 0.944 bits per heavy atom. The maximum absolute atomic E-state index is 10.7. The highest BCUT2D eigenvalue weighted by molar-refractivity contribution is 5.99. The Bertz CT molecular complexity index is 282. The summed E-state index contributed by atoms with van der Waals surface area (Å²) in [5.74, 6) is -0.0461. The highest BCUT2D eigenvalue weighted by Crippen LogP contribution is 1.98. The number of carbonyl (C=O) groups is 4. The Morgan fingerprint density at radius 1 is 0.667 bits per heavy atom. The van der Waals surface area contributed by atoms with Gasteiger partial charge in [-0.05, 0) is 13.8 Å². The van der Waals surface area contributed by atoms with Crippen molar-refractivity contribution in [3.8, 4) is 0 Å². The van der Waals surface area contributed by atoms with Crippen molar-refractivity contribution >= 4 is 23.1 Å². The molecular formula is C14H24O4. The van der Waals surface area contributed by atoms with Gasteiger partial charge in [-0.3, -0.25) is 19.2 Å². The molecule has 0 aliphatic heterocycles. The largest absolute Gasteiger partial charge is 0.300 e. The molecule has 4 nitrogen and oxygen atoms in total. The van der Waals surface area contributed by atoms with E-state index in [4.69, 9.17) is 0 Å². The third-order valence-electron chi connectivity index (χ3n) is 2.13. The topological polar surface area (TPSA) is 68.3 Å². The fraction of sp³-hybridized carbons (Fsp3) is 0.714.